The van der Waals surface area contributed by atoms with Crippen LogP contribution in [-0.4, -0.2) is 70.5 Å². The van der Waals surface area contributed by atoms with Gasteiger partial charge in [-0.3, -0.25) is 9.69 Å². The maximum Gasteiger partial charge on any atom is 0.225 e. The summed E-state index contributed by atoms with van der Waals surface area (Å²) < 4.78 is 5.49. The van der Waals surface area contributed by atoms with E-state index in [1.54, 1.807) is 0 Å². The van der Waals surface area contributed by atoms with Gasteiger partial charge in [-0.25, -0.2) is 10.9 Å². The van der Waals surface area contributed by atoms with Crippen LogP contribution >= 0.6 is 23.4 Å². The van der Waals surface area contributed by atoms with E-state index in [1.807, 2.05) is 17.0 Å². The minimum absolute atomic E-state index is 0.0730. The van der Waals surface area contributed by atoms with Crippen molar-refractivity contribution in [2.75, 3.05) is 26.3 Å². The van der Waals surface area contributed by atoms with E-state index in [0.717, 1.165) is 31.0 Å². The van der Waals surface area contributed by atoms with Gasteiger partial charge < -0.3 is 15.0 Å². The van der Waals surface area contributed by atoms with E-state index in [0.29, 0.717) is 41.6 Å². The fourth-order valence-corrected chi connectivity index (χ4v) is 9.85. The van der Waals surface area contributed by atoms with Gasteiger partial charge in [-0.05, 0) is 50.2 Å². The number of halogens is 1. The molecule has 8 atom stereocenters. The molecule has 7 rings (SSSR count). The van der Waals surface area contributed by atoms with Crippen LogP contribution < -0.4 is 16.2 Å². The van der Waals surface area contributed by atoms with E-state index in [1.165, 1.54) is 18.4 Å². The van der Waals surface area contributed by atoms with Crippen molar-refractivity contribution in [3.63, 3.8) is 0 Å². The lowest BCUT2D eigenvalue weighted by Gasteiger charge is -2.36. The second-order valence-corrected chi connectivity index (χ2v) is 12.8. The first kappa shape index (κ1) is 22.3. The molecular weight excluding hydrogens is 470 g/mol. The van der Waals surface area contributed by atoms with Crippen LogP contribution in [0.2, 0.25) is 5.02 Å². The molecule has 184 valence electrons. The second kappa shape index (κ2) is 8.33. The summed E-state index contributed by atoms with van der Waals surface area (Å²) in [6.07, 6.45) is 4.88. The fraction of sp³-hybridized carbons (Fsp3) is 0.720. The number of hydrogen-bond donors (Lipinski definition) is 3. The SMILES string of the molecule is CC1NNC2N1C1SC3C[C@@H](C(=O)N4CCOCC4)CC3C1C(c1ccccc1Cl)NC21CC1. The Labute approximate surface area is 210 Å². The van der Waals surface area contributed by atoms with Crippen molar-refractivity contribution in [1.29, 1.82) is 0 Å². The van der Waals surface area contributed by atoms with Gasteiger partial charge in [-0.2, -0.15) is 0 Å². The highest BCUT2D eigenvalue weighted by atomic mass is 35.5. The van der Waals surface area contributed by atoms with E-state index in [9.17, 15) is 4.79 Å². The van der Waals surface area contributed by atoms with Crippen LogP contribution in [0.1, 0.15) is 44.2 Å². The number of carbonyl (C=O) groups is 1. The van der Waals surface area contributed by atoms with Gasteiger partial charge in [0, 0.05) is 46.8 Å². The molecule has 4 heterocycles. The molecule has 2 saturated carbocycles. The average molecular weight is 504 g/mol. The molecule has 4 aliphatic heterocycles. The summed E-state index contributed by atoms with van der Waals surface area (Å²) in [6, 6.07) is 8.57. The lowest BCUT2D eigenvalue weighted by atomic mass is 9.80. The van der Waals surface area contributed by atoms with Crippen molar-refractivity contribution in [3.05, 3.63) is 34.9 Å². The summed E-state index contributed by atoms with van der Waals surface area (Å²) in [5.41, 5.74) is 8.45. The van der Waals surface area contributed by atoms with Crippen molar-refractivity contribution in [2.24, 2.45) is 17.8 Å². The Bertz CT molecular complexity index is 972. The van der Waals surface area contributed by atoms with Crippen LogP contribution in [0.5, 0.6) is 0 Å². The summed E-state index contributed by atoms with van der Waals surface area (Å²) in [5, 5.41) is 5.91. The number of ether oxygens (including phenoxy) is 1. The van der Waals surface area contributed by atoms with Gasteiger partial charge >= 0.3 is 0 Å². The van der Waals surface area contributed by atoms with Crippen LogP contribution in [0.15, 0.2) is 24.3 Å². The molecule has 7 unspecified atom stereocenters. The first-order chi connectivity index (χ1) is 16.6. The maximum atomic E-state index is 13.4. The topological polar surface area (TPSA) is 68.9 Å². The van der Waals surface area contributed by atoms with Crippen LogP contribution in [-0.2, 0) is 9.53 Å². The summed E-state index contributed by atoms with van der Waals surface area (Å²) >= 11 is 8.95. The number of fused-ring (bicyclic) bond motifs is 6. The number of benzene rings is 1. The Balaban J connectivity index is 1.24. The average Bonchev–Trinajstić information content (AvgIpc) is 3.19. The zero-order valence-corrected chi connectivity index (χ0v) is 21.2. The normalized spacial score (nSPS) is 42.8. The van der Waals surface area contributed by atoms with Gasteiger partial charge in [-0.1, -0.05) is 29.8 Å². The highest BCUT2D eigenvalue weighted by Gasteiger charge is 2.65. The molecule has 1 amide bonds. The zero-order valence-electron chi connectivity index (χ0n) is 19.6. The van der Waals surface area contributed by atoms with Crippen molar-refractivity contribution >= 4 is 29.3 Å². The van der Waals surface area contributed by atoms with E-state index in [2.05, 4.69) is 51.9 Å². The van der Waals surface area contributed by atoms with E-state index in [4.69, 9.17) is 16.3 Å². The number of thioether (sulfide) groups is 1. The highest BCUT2D eigenvalue weighted by Crippen LogP contribution is 2.62. The third kappa shape index (κ3) is 3.40. The van der Waals surface area contributed by atoms with E-state index in [-0.39, 0.29) is 29.8 Å². The smallest absolute Gasteiger partial charge is 0.225 e. The molecule has 0 aromatic heterocycles. The van der Waals surface area contributed by atoms with Crippen molar-refractivity contribution in [1.82, 2.24) is 26.0 Å². The minimum Gasteiger partial charge on any atom is -0.378 e. The van der Waals surface area contributed by atoms with E-state index < -0.39 is 0 Å². The summed E-state index contributed by atoms with van der Waals surface area (Å²) in [7, 11) is 0. The third-order valence-electron chi connectivity index (χ3n) is 9.21. The van der Waals surface area contributed by atoms with Gasteiger partial charge in [0.05, 0.1) is 30.9 Å². The van der Waals surface area contributed by atoms with E-state index >= 15 is 0 Å². The molecule has 2 aliphatic carbocycles. The maximum absolute atomic E-state index is 13.4. The summed E-state index contributed by atoms with van der Waals surface area (Å²) in [6.45, 7) is 5.08. The summed E-state index contributed by atoms with van der Waals surface area (Å²) in [4.78, 5) is 18.1. The minimum atomic E-state index is 0.0730. The number of hydrazine groups is 1. The number of rotatable bonds is 2. The first-order valence-corrected chi connectivity index (χ1v) is 14.2. The molecule has 6 fully saturated rings. The van der Waals surface area contributed by atoms with Gasteiger partial charge in [0.1, 0.15) is 0 Å². The van der Waals surface area contributed by atoms with Crippen molar-refractivity contribution in [2.45, 2.75) is 67.1 Å². The lowest BCUT2D eigenvalue weighted by molar-refractivity contribution is -0.139. The Morgan fingerprint density at radius 1 is 1.18 bits per heavy atom. The molecule has 0 radical (unpaired) electrons. The van der Waals surface area contributed by atoms with Crippen LogP contribution in [0.25, 0.3) is 0 Å². The number of amides is 1. The Morgan fingerprint density at radius 3 is 2.74 bits per heavy atom. The van der Waals surface area contributed by atoms with Crippen molar-refractivity contribution in [3.8, 4) is 0 Å². The Morgan fingerprint density at radius 2 is 1.97 bits per heavy atom. The standard InChI is InChI=1S/C25H34ClN5O2S/c1-14-28-29-24-25(6-7-25)27-21(16-4-2-3-5-18(16)26)20-17-12-15(13-19(17)34-23(20)31(14)24)22(32)30-8-10-33-11-9-30/h2-5,14-15,17,19-21,23-24,27-29H,6-13H2,1H3/t14?,15-,17?,19?,20?,21?,23?,24?/m0/s1. The molecular formula is C25H34ClN5O2S. The Hall–Kier alpha value is -0.870. The third-order valence-corrected chi connectivity index (χ3v) is 11.3. The number of carbonyl (C=O) groups excluding carboxylic acids is 1. The molecule has 6 aliphatic rings. The lowest BCUT2D eigenvalue weighted by Crippen LogP contribution is -2.54. The Kier molecular flexibility index (Phi) is 5.47. The monoisotopic (exact) mass is 503 g/mol. The first-order valence-electron chi connectivity index (χ1n) is 12.9. The molecule has 1 aromatic rings. The molecule has 4 saturated heterocycles. The summed E-state index contributed by atoms with van der Waals surface area (Å²) in [5.74, 6) is 1.39. The van der Waals surface area contributed by atoms with Gasteiger partial charge in [-0.15, -0.1) is 11.8 Å². The van der Waals surface area contributed by atoms with Gasteiger partial charge in [0.25, 0.3) is 0 Å². The van der Waals surface area contributed by atoms with Crippen LogP contribution in [0, 0.1) is 17.8 Å². The highest BCUT2D eigenvalue weighted by molar-refractivity contribution is 8.00. The fourth-order valence-electron chi connectivity index (χ4n) is 7.41. The number of nitrogens with zero attached hydrogens (tertiary/aromatic N) is 2. The van der Waals surface area contributed by atoms with Crippen LogP contribution in [0.4, 0.5) is 0 Å². The molecule has 0 bridgehead atoms. The predicted octanol–water partition coefficient (Wildman–Crippen LogP) is 2.54. The van der Waals surface area contributed by atoms with Crippen LogP contribution in [0.3, 0.4) is 0 Å². The molecule has 7 nitrogen and oxygen atoms in total. The molecule has 9 heteroatoms. The molecule has 1 aromatic carbocycles. The van der Waals surface area contributed by atoms with Crippen molar-refractivity contribution < 1.29 is 9.53 Å². The number of nitrogens with one attached hydrogen (secondary N) is 3. The second-order valence-electron chi connectivity index (χ2n) is 11.0. The number of morpholine rings is 1. The largest absolute Gasteiger partial charge is 0.378 e. The molecule has 1 spiro atoms. The zero-order chi connectivity index (χ0) is 23.0. The number of hydrogen-bond acceptors (Lipinski definition) is 7. The molecule has 34 heavy (non-hydrogen) atoms. The van der Waals surface area contributed by atoms with Gasteiger partial charge in [0.2, 0.25) is 5.91 Å². The van der Waals surface area contributed by atoms with Gasteiger partial charge in [0.15, 0.2) is 0 Å². The predicted molar refractivity (Wildman–Crippen MR) is 133 cm³/mol. The molecule has 3 N–H and O–H groups in total. The quantitative estimate of drug-likeness (QED) is 0.573.